The van der Waals surface area contributed by atoms with Gasteiger partial charge in [0.15, 0.2) is 0 Å². The summed E-state index contributed by atoms with van der Waals surface area (Å²) in [5.41, 5.74) is 0. The quantitative estimate of drug-likeness (QED) is 0.168. The standard InChI is InChI=1S/Fe.3H3O4P.2H2O/c;3*1-5(2,3)4;;/h;3*(H3,1,2,3,4);2*1H2/q+3;;;;;/p-3. The van der Waals surface area contributed by atoms with Gasteiger partial charge in [-0.25, -0.2) is 0 Å². The molecule has 0 amide bonds. The minimum Gasteiger partial charge on any atom is -0.756 e. The van der Waals surface area contributed by atoms with Crippen molar-refractivity contribution in [2.45, 2.75) is 0 Å². The number of hydrogen-bond donors (Lipinski definition) is 6. The predicted molar refractivity (Wildman–Crippen MR) is 43.4 cm³/mol. The summed E-state index contributed by atoms with van der Waals surface area (Å²) in [7, 11) is -14.7. The van der Waals surface area contributed by atoms with Crippen LogP contribution in [0.1, 0.15) is 0 Å². The van der Waals surface area contributed by atoms with Crippen molar-refractivity contribution in [3.8, 4) is 0 Å². The molecule has 0 unspecified atom stereocenters. The topological polar surface area (TPSA) is 305 Å². The first kappa shape index (κ1) is 36.3. The van der Waals surface area contributed by atoms with Crippen LogP contribution in [0.2, 0.25) is 0 Å². The van der Waals surface area contributed by atoms with E-state index in [1.165, 1.54) is 0 Å². The molecule has 0 aliphatic heterocycles. The molecule has 0 atom stereocenters. The second kappa shape index (κ2) is 14.2. The van der Waals surface area contributed by atoms with Gasteiger partial charge in [-0.2, -0.15) is 0 Å². The third-order valence-electron chi connectivity index (χ3n) is 0. The summed E-state index contributed by atoms with van der Waals surface area (Å²) < 4.78 is 26.3. The van der Waals surface area contributed by atoms with E-state index in [1.54, 1.807) is 0 Å². The van der Waals surface area contributed by atoms with E-state index in [4.69, 9.17) is 57.7 Å². The summed E-state index contributed by atoms with van der Waals surface area (Å²) in [6.45, 7) is 0. The summed E-state index contributed by atoms with van der Waals surface area (Å²) in [5, 5.41) is 0. The molecule has 0 fully saturated rings. The van der Waals surface area contributed by atoms with E-state index >= 15 is 0 Å². The van der Waals surface area contributed by atoms with E-state index in [9.17, 15) is 0 Å². The first-order valence-corrected chi connectivity index (χ1v) is 6.89. The molecule has 14 nitrogen and oxygen atoms in total. The normalized spacial score (nSPS) is 9.83. The maximum atomic E-state index is 8.77. The third-order valence-corrected chi connectivity index (χ3v) is 0. The smallest absolute Gasteiger partial charge is 0.756 e. The van der Waals surface area contributed by atoms with Crippen LogP contribution in [-0.4, -0.2) is 40.3 Å². The molecule has 0 aliphatic rings. The van der Waals surface area contributed by atoms with Crippen LogP contribution in [0.3, 0.4) is 0 Å². The van der Waals surface area contributed by atoms with Gasteiger partial charge < -0.3 is 55.0 Å². The minimum absolute atomic E-state index is 0. The first-order valence-electron chi connectivity index (χ1n) is 2.30. The fraction of sp³-hybridized carbons (Fsp3) is 0. The van der Waals surface area contributed by atoms with Gasteiger partial charge in [-0.1, -0.05) is 0 Å². The summed E-state index contributed by atoms with van der Waals surface area (Å²) in [5.74, 6) is 0. The second-order valence-corrected chi connectivity index (χ2v) is 4.42. The zero-order valence-corrected chi connectivity index (χ0v) is 11.6. The molecule has 10 N–H and O–H groups in total. The molecule has 117 valence electrons. The number of phosphoric acid groups is 3. The number of rotatable bonds is 0. The van der Waals surface area contributed by atoms with Crippen LogP contribution in [-0.2, 0) is 30.8 Å². The Morgan fingerprint density at radius 3 is 0.556 bits per heavy atom. The molecule has 0 bridgehead atoms. The van der Waals surface area contributed by atoms with Crippen molar-refractivity contribution in [3.05, 3.63) is 0 Å². The molecule has 0 spiro atoms. The average Bonchev–Trinajstić information content (AvgIpc) is 1.41. The van der Waals surface area contributed by atoms with E-state index in [-0.39, 0.29) is 28.0 Å². The van der Waals surface area contributed by atoms with Crippen molar-refractivity contribution in [1.82, 2.24) is 0 Å². The van der Waals surface area contributed by atoms with Gasteiger partial charge in [0.2, 0.25) is 0 Å². The first-order chi connectivity index (χ1) is 6.00. The molecule has 1 radical (unpaired) electrons. The Labute approximate surface area is 110 Å². The van der Waals surface area contributed by atoms with Gasteiger partial charge >= 0.3 is 17.1 Å². The molecule has 0 aromatic carbocycles. The van der Waals surface area contributed by atoms with Crippen molar-refractivity contribution >= 4 is 23.5 Å². The minimum atomic E-state index is -4.89. The van der Waals surface area contributed by atoms with Crippen molar-refractivity contribution in [1.29, 1.82) is 0 Å². The molecular weight excluding hydrogens is 373 g/mol. The summed E-state index contributed by atoms with van der Waals surface area (Å²) >= 11 is 0. The zero-order chi connectivity index (χ0) is 13.5. The van der Waals surface area contributed by atoms with Crippen LogP contribution in [0.4, 0.5) is 0 Å². The predicted octanol–water partition coefficient (Wildman–Crippen LogP) is -6.33. The average molecular weight is 383 g/mol. The molecule has 0 saturated carbocycles. The molecule has 18 heteroatoms. The van der Waals surface area contributed by atoms with Crippen molar-refractivity contribution in [3.63, 3.8) is 0 Å². The molecule has 18 heavy (non-hydrogen) atoms. The van der Waals surface area contributed by atoms with E-state index in [1.807, 2.05) is 0 Å². The van der Waals surface area contributed by atoms with Gasteiger partial charge in [0, 0.05) is 0 Å². The molecule has 0 aromatic heterocycles. The van der Waals surface area contributed by atoms with Gasteiger partial charge in [-0.05, 0) is 0 Å². The van der Waals surface area contributed by atoms with Gasteiger partial charge in [-0.3, -0.25) is 13.7 Å². The van der Waals surface area contributed by atoms with E-state index in [0.717, 1.165) is 0 Å². The fourth-order valence-electron chi connectivity index (χ4n) is 0. The van der Waals surface area contributed by atoms with Gasteiger partial charge in [0.05, 0.1) is 0 Å². The van der Waals surface area contributed by atoms with Crippen LogP contribution in [0.25, 0.3) is 0 Å². The Morgan fingerprint density at radius 1 is 0.556 bits per heavy atom. The van der Waals surface area contributed by atoms with E-state index in [2.05, 4.69) is 0 Å². The molecular formula is H10FeO14P3. The molecule has 0 rings (SSSR count). The fourth-order valence-corrected chi connectivity index (χ4v) is 0. The largest absolute Gasteiger partial charge is 3.00 e. The zero-order valence-electron chi connectivity index (χ0n) is 7.83. The van der Waals surface area contributed by atoms with Gasteiger partial charge in [0.25, 0.3) is 23.5 Å². The molecule has 0 heterocycles. The van der Waals surface area contributed by atoms with Gasteiger partial charge in [-0.15, -0.1) is 0 Å². The Morgan fingerprint density at radius 2 is 0.556 bits per heavy atom. The monoisotopic (exact) mass is 383 g/mol. The Hall–Kier alpha value is 0.769. The van der Waals surface area contributed by atoms with Crippen molar-refractivity contribution in [2.75, 3.05) is 0 Å². The SMILES string of the molecule is O.O.O=P([O-])(O)O.O=P([O-])(O)O.O=P([O-])(O)O.[Fe+3]. The van der Waals surface area contributed by atoms with E-state index in [0.29, 0.717) is 0 Å². The van der Waals surface area contributed by atoms with Crippen LogP contribution in [0.5, 0.6) is 0 Å². The Bertz CT molecular complexity index is 203. The Kier molecular flexibility index (Phi) is 28.6. The van der Waals surface area contributed by atoms with Gasteiger partial charge in [0.1, 0.15) is 0 Å². The molecule has 0 saturated heterocycles. The second-order valence-electron chi connectivity index (χ2n) is 1.47. The third kappa shape index (κ3) is 7040. The summed E-state index contributed by atoms with van der Waals surface area (Å²) in [6.07, 6.45) is 0. The van der Waals surface area contributed by atoms with Crippen molar-refractivity contribution in [2.24, 2.45) is 0 Å². The van der Waals surface area contributed by atoms with E-state index < -0.39 is 23.5 Å². The van der Waals surface area contributed by atoms with Crippen LogP contribution in [0, 0.1) is 0 Å². The maximum Gasteiger partial charge on any atom is 3.00 e. The maximum absolute atomic E-state index is 8.77. The van der Waals surface area contributed by atoms with Crippen LogP contribution >= 0.6 is 23.5 Å². The Balaban J connectivity index is -0.0000000277. The number of hydrogen-bond acceptors (Lipinski definition) is 6. The van der Waals surface area contributed by atoms with Crippen molar-refractivity contribution < 1.29 is 85.8 Å². The van der Waals surface area contributed by atoms with Crippen LogP contribution < -0.4 is 14.7 Å². The summed E-state index contributed by atoms with van der Waals surface area (Å²) in [6, 6.07) is 0. The molecule has 0 aliphatic carbocycles. The molecule has 0 aromatic rings. The van der Waals surface area contributed by atoms with Crippen LogP contribution in [0.15, 0.2) is 0 Å². The summed E-state index contributed by atoms with van der Waals surface area (Å²) in [4.78, 5) is 68.8.